The van der Waals surface area contributed by atoms with Crippen LogP contribution in [0.2, 0.25) is 0 Å². The van der Waals surface area contributed by atoms with Crippen LogP contribution in [0.15, 0.2) is 237 Å². The molecule has 11 aromatic carbocycles. The fraction of sp³-hybridized carbons (Fsp3) is 0. The van der Waals surface area contributed by atoms with Crippen molar-refractivity contribution in [3.63, 3.8) is 0 Å². The Labute approximate surface area is 344 Å². The van der Waals surface area contributed by atoms with Gasteiger partial charge in [0.05, 0.1) is 5.69 Å². The minimum atomic E-state index is 1.09. The molecule has 0 bridgehead atoms. The largest absolute Gasteiger partial charge is 0.310 e. The molecule has 0 aliphatic carbocycles. The van der Waals surface area contributed by atoms with Crippen LogP contribution in [-0.2, 0) is 0 Å². The Hall–Kier alpha value is -7.74. The number of benzene rings is 11. The highest BCUT2D eigenvalue weighted by molar-refractivity contribution is 6.17. The minimum Gasteiger partial charge on any atom is -0.310 e. The van der Waals surface area contributed by atoms with Crippen molar-refractivity contribution >= 4 is 60.2 Å². The molecule has 0 aliphatic heterocycles. The molecule has 1 nitrogen and oxygen atoms in total. The lowest BCUT2D eigenvalue weighted by molar-refractivity contribution is 1.28. The first-order valence-electron chi connectivity index (χ1n) is 20.3. The normalized spacial score (nSPS) is 11.4. The highest BCUT2D eigenvalue weighted by Gasteiger charge is 2.19. The molecule has 0 saturated heterocycles. The molecular formula is C58H39N. The van der Waals surface area contributed by atoms with Crippen molar-refractivity contribution in [2.75, 3.05) is 4.90 Å². The maximum absolute atomic E-state index is 2.41. The minimum absolute atomic E-state index is 1.09. The Morgan fingerprint density at radius 2 is 0.678 bits per heavy atom. The fourth-order valence-electron chi connectivity index (χ4n) is 8.90. The molecule has 0 spiro atoms. The van der Waals surface area contributed by atoms with Gasteiger partial charge in [0.15, 0.2) is 0 Å². The van der Waals surface area contributed by atoms with Crippen LogP contribution in [0.25, 0.3) is 87.6 Å². The summed E-state index contributed by atoms with van der Waals surface area (Å²) in [6, 6.07) is 86.3. The number of hydrogen-bond donors (Lipinski definition) is 0. The topological polar surface area (TPSA) is 3.24 Å². The fourth-order valence-corrected chi connectivity index (χ4v) is 8.90. The van der Waals surface area contributed by atoms with Crippen LogP contribution in [0.4, 0.5) is 17.1 Å². The molecule has 0 radical (unpaired) electrons. The highest BCUT2D eigenvalue weighted by atomic mass is 15.1. The molecular weight excluding hydrogens is 711 g/mol. The van der Waals surface area contributed by atoms with E-state index < -0.39 is 0 Å². The van der Waals surface area contributed by atoms with Crippen LogP contribution in [0.1, 0.15) is 0 Å². The molecule has 1 heteroatoms. The van der Waals surface area contributed by atoms with E-state index in [4.69, 9.17) is 0 Å². The van der Waals surface area contributed by atoms with Gasteiger partial charge in [-0.25, -0.2) is 0 Å². The lowest BCUT2D eigenvalue weighted by atomic mass is 9.93. The van der Waals surface area contributed by atoms with Gasteiger partial charge in [0.2, 0.25) is 0 Å². The van der Waals surface area contributed by atoms with Gasteiger partial charge in [0.25, 0.3) is 0 Å². The zero-order valence-corrected chi connectivity index (χ0v) is 32.5. The molecule has 0 unspecified atom stereocenters. The van der Waals surface area contributed by atoms with Crippen molar-refractivity contribution in [1.82, 2.24) is 0 Å². The Balaban J connectivity index is 1.05. The SMILES string of the molecule is c1ccc(-c2ccc(N(c3ccc(-c4cccc5ccccc45)cc3)c3ccc(-c4ccc5c(ccc6c7ccccc7ccc56)c4)cc3-c3ccccc3)cc2)cc1. The molecule has 0 atom stereocenters. The number of nitrogens with zero attached hydrogens (tertiary/aromatic N) is 1. The van der Waals surface area contributed by atoms with Crippen molar-refractivity contribution < 1.29 is 0 Å². The molecule has 11 rings (SSSR count). The van der Waals surface area contributed by atoms with Gasteiger partial charge in [-0.3, -0.25) is 0 Å². The third-order valence-corrected chi connectivity index (χ3v) is 11.9. The Morgan fingerprint density at radius 1 is 0.220 bits per heavy atom. The van der Waals surface area contributed by atoms with Gasteiger partial charge in [-0.1, -0.05) is 194 Å². The van der Waals surface area contributed by atoms with Gasteiger partial charge < -0.3 is 4.90 Å². The maximum atomic E-state index is 2.41. The van der Waals surface area contributed by atoms with E-state index >= 15 is 0 Å². The Kier molecular flexibility index (Phi) is 8.56. The lowest BCUT2D eigenvalue weighted by Crippen LogP contribution is -2.11. The van der Waals surface area contributed by atoms with Crippen LogP contribution < -0.4 is 4.90 Å². The lowest BCUT2D eigenvalue weighted by Gasteiger charge is -2.29. The predicted octanol–water partition coefficient (Wildman–Crippen LogP) is 16.4. The molecule has 0 heterocycles. The van der Waals surface area contributed by atoms with Crippen LogP contribution in [0.3, 0.4) is 0 Å². The van der Waals surface area contributed by atoms with E-state index in [9.17, 15) is 0 Å². The second-order valence-corrected chi connectivity index (χ2v) is 15.3. The summed E-state index contributed by atoms with van der Waals surface area (Å²) in [5.41, 5.74) is 12.8. The summed E-state index contributed by atoms with van der Waals surface area (Å²) < 4.78 is 0. The van der Waals surface area contributed by atoms with Gasteiger partial charge in [-0.15, -0.1) is 0 Å². The molecule has 0 saturated carbocycles. The first-order chi connectivity index (χ1) is 29.2. The zero-order valence-electron chi connectivity index (χ0n) is 32.5. The van der Waals surface area contributed by atoms with E-state index in [0.717, 1.165) is 17.1 Å². The molecule has 59 heavy (non-hydrogen) atoms. The first kappa shape index (κ1) is 34.5. The molecule has 0 fully saturated rings. The highest BCUT2D eigenvalue weighted by Crippen LogP contribution is 2.44. The molecule has 0 amide bonds. The maximum Gasteiger partial charge on any atom is 0.0540 e. The Bertz CT molecular complexity index is 3290. The van der Waals surface area contributed by atoms with Crippen molar-refractivity contribution in [3.05, 3.63) is 237 Å². The van der Waals surface area contributed by atoms with Gasteiger partial charge >= 0.3 is 0 Å². The summed E-state index contributed by atoms with van der Waals surface area (Å²) in [4.78, 5) is 2.41. The second-order valence-electron chi connectivity index (χ2n) is 15.3. The monoisotopic (exact) mass is 749 g/mol. The molecule has 0 N–H and O–H groups in total. The van der Waals surface area contributed by atoms with E-state index in [1.165, 1.54) is 87.6 Å². The molecule has 276 valence electrons. The van der Waals surface area contributed by atoms with Crippen LogP contribution in [0.5, 0.6) is 0 Å². The zero-order chi connectivity index (χ0) is 39.1. The van der Waals surface area contributed by atoms with Crippen molar-refractivity contribution in [1.29, 1.82) is 0 Å². The third-order valence-electron chi connectivity index (χ3n) is 11.9. The van der Waals surface area contributed by atoms with Gasteiger partial charge in [-0.05, 0) is 124 Å². The summed E-state index contributed by atoms with van der Waals surface area (Å²) >= 11 is 0. The van der Waals surface area contributed by atoms with Crippen molar-refractivity contribution in [3.8, 4) is 44.5 Å². The van der Waals surface area contributed by atoms with Crippen LogP contribution >= 0.6 is 0 Å². The summed E-state index contributed by atoms with van der Waals surface area (Å²) in [7, 11) is 0. The number of rotatable bonds is 7. The smallest absolute Gasteiger partial charge is 0.0540 e. The quantitative estimate of drug-likeness (QED) is 0.147. The van der Waals surface area contributed by atoms with Gasteiger partial charge in [0, 0.05) is 16.9 Å². The molecule has 0 aromatic heterocycles. The summed E-state index contributed by atoms with van der Waals surface area (Å²) in [6.07, 6.45) is 0. The Morgan fingerprint density at radius 3 is 1.39 bits per heavy atom. The summed E-state index contributed by atoms with van der Waals surface area (Å²) in [5, 5.41) is 10.2. The second kappa shape index (κ2) is 14.6. The number of anilines is 3. The summed E-state index contributed by atoms with van der Waals surface area (Å²) in [5.74, 6) is 0. The number of fused-ring (bicyclic) bond motifs is 6. The average molecular weight is 750 g/mol. The standard InChI is InChI=1S/C58H39N/c1-3-12-40(13-4-1)41-22-30-49(31-23-41)59(50-32-24-45(25-33-50)52-21-11-18-42-16-7-9-19-51(42)52)58-37-29-47(39-57(58)43-14-5-2-6-15-43)46-27-34-54-48(38-46)28-36-55-53-20-10-8-17-44(53)26-35-56(54)55/h1-39H. The van der Waals surface area contributed by atoms with Crippen LogP contribution in [-0.4, -0.2) is 0 Å². The molecule has 0 aliphatic rings. The van der Waals surface area contributed by atoms with E-state index in [0.29, 0.717) is 0 Å². The van der Waals surface area contributed by atoms with E-state index in [1.54, 1.807) is 0 Å². The van der Waals surface area contributed by atoms with E-state index in [2.05, 4.69) is 241 Å². The number of hydrogen-bond acceptors (Lipinski definition) is 1. The van der Waals surface area contributed by atoms with E-state index in [-0.39, 0.29) is 0 Å². The first-order valence-corrected chi connectivity index (χ1v) is 20.3. The van der Waals surface area contributed by atoms with Gasteiger partial charge in [0.1, 0.15) is 0 Å². The summed E-state index contributed by atoms with van der Waals surface area (Å²) in [6.45, 7) is 0. The van der Waals surface area contributed by atoms with Gasteiger partial charge in [-0.2, -0.15) is 0 Å². The van der Waals surface area contributed by atoms with Crippen molar-refractivity contribution in [2.24, 2.45) is 0 Å². The third kappa shape index (κ3) is 6.30. The molecule has 11 aromatic rings. The van der Waals surface area contributed by atoms with Crippen molar-refractivity contribution in [2.45, 2.75) is 0 Å². The van der Waals surface area contributed by atoms with E-state index in [1.807, 2.05) is 0 Å². The van der Waals surface area contributed by atoms with Crippen LogP contribution in [0, 0.1) is 0 Å². The average Bonchev–Trinajstić information content (AvgIpc) is 3.32. The predicted molar refractivity (Wildman–Crippen MR) is 253 cm³/mol.